The number of rotatable bonds is 2. The number of carbonyl (C=O) groups is 2. The third-order valence-electron chi connectivity index (χ3n) is 2.84. The summed E-state index contributed by atoms with van der Waals surface area (Å²) in [6.45, 7) is 0. The highest BCUT2D eigenvalue weighted by Crippen LogP contribution is 2.15. The van der Waals surface area contributed by atoms with Crippen molar-refractivity contribution in [3.63, 3.8) is 0 Å². The van der Waals surface area contributed by atoms with E-state index in [2.05, 4.69) is 36.9 Å². The molecule has 0 saturated heterocycles. The summed E-state index contributed by atoms with van der Waals surface area (Å²) < 4.78 is 12.5. The van der Waals surface area contributed by atoms with Gasteiger partial charge in [0, 0.05) is 6.20 Å². The van der Waals surface area contributed by atoms with Gasteiger partial charge in [0.1, 0.15) is 5.49 Å². The zero-order chi connectivity index (χ0) is 16.4. The van der Waals surface area contributed by atoms with Gasteiger partial charge in [0.05, 0.1) is 0 Å². The molecule has 3 aromatic rings. The van der Waals surface area contributed by atoms with E-state index < -0.39 is 11.8 Å². The van der Waals surface area contributed by atoms with E-state index in [1.165, 1.54) is 22.9 Å². The number of nitrogens with zero attached hydrogens (tertiary/aromatic N) is 2. The molecule has 0 saturated carbocycles. The maximum Gasteiger partial charge on any atom is 0.314 e. The van der Waals surface area contributed by atoms with Crippen LogP contribution in [0.5, 0.6) is 0 Å². The first-order valence-corrected chi connectivity index (χ1v) is 7.95. The first-order chi connectivity index (χ1) is 11.0. The fourth-order valence-electron chi connectivity index (χ4n) is 1.83. The second kappa shape index (κ2) is 6.51. The summed E-state index contributed by atoms with van der Waals surface area (Å²) in [4.78, 5) is 28.5. The predicted molar refractivity (Wildman–Crippen MR) is 86.9 cm³/mol. The Labute approximate surface area is 146 Å². The molecule has 0 N–H and O–H groups in total. The second-order valence-corrected chi connectivity index (χ2v) is 5.92. The summed E-state index contributed by atoms with van der Waals surface area (Å²) in [5.74, 6) is -0.842. The van der Waals surface area contributed by atoms with E-state index in [9.17, 15) is 9.59 Å². The van der Waals surface area contributed by atoms with Crippen molar-refractivity contribution in [2.45, 2.75) is 0 Å². The van der Waals surface area contributed by atoms with Crippen LogP contribution in [-0.4, -0.2) is 16.4 Å². The number of hydrogen-bond acceptors (Lipinski definition) is 4. The van der Waals surface area contributed by atoms with Crippen molar-refractivity contribution in [1.82, 2.24) is 4.57 Å². The largest absolute Gasteiger partial charge is 0.444 e. The van der Waals surface area contributed by atoms with Crippen LogP contribution in [0.4, 0.5) is 0 Å². The number of pyridine rings is 1. The maximum absolute atomic E-state index is 12.4. The predicted octanol–water partition coefficient (Wildman–Crippen LogP) is 3.63. The molecule has 6 nitrogen and oxygen atoms in total. The molecule has 3 rings (SSSR count). The summed E-state index contributed by atoms with van der Waals surface area (Å²) in [7, 11) is 0. The van der Waals surface area contributed by atoms with Gasteiger partial charge >= 0.3 is 5.91 Å². The van der Waals surface area contributed by atoms with Crippen molar-refractivity contribution in [1.29, 1.82) is 0 Å². The number of halogens is 2. The Morgan fingerprint density at radius 2 is 1.57 bits per heavy atom. The van der Waals surface area contributed by atoms with Crippen LogP contribution in [0, 0.1) is 0 Å². The normalized spacial score (nSPS) is 11.7. The van der Waals surface area contributed by atoms with E-state index in [4.69, 9.17) is 8.83 Å². The Hall–Kier alpha value is -2.19. The topological polar surface area (TPSA) is 77.7 Å². The monoisotopic (exact) mass is 438 g/mol. The molecule has 116 valence electrons. The van der Waals surface area contributed by atoms with Crippen molar-refractivity contribution >= 4 is 43.7 Å². The lowest BCUT2D eigenvalue weighted by Gasteiger charge is -2.03. The molecule has 0 unspecified atom stereocenters. The molecule has 0 aliphatic heterocycles. The molecule has 0 aliphatic rings. The number of aromatic nitrogens is 1. The minimum absolute atomic E-state index is 0.0699. The van der Waals surface area contributed by atoms with E-state index in [0.717, 1.165) is 0 Å². The van der Waals surface area contributed by atoms with Crippen LogP contribution in [0.1, 0.15) is 21.1 Å². The maximum atomic E-state index is 12.4. The van der Waals surface area contributed by atoms with E-state index in [-0.39, 0.29) is 17.0 Å². The van der Waals surface area contributed by atoms with Crippen LogP contribution in [-0.2, 0) is 0 Å². The molecule has 3 heterocycles. The Bertz CT molecular complexity index is 952. The van der Waals surface area contributed by atoms with Crippen molar-refractivity contribution in [2.75, 3.05) is 0 Å². The SMILES string of the molecule is O=C(N=c1ccccn1C(=O)c1ccc(Br)o1)c1ccc(Br)o1. The first kappa shape index (κ1) is 15.7. The zero-order valence-corrected chi connectivity index (χ0v) is 14.6. The summed E-state index contributed by atoms with van der Waals surface area (Å²) in [5.41, 5.74) is 0.169. The van der Waals surface area contributed by atoms with E-state index in [0.29, 0.717) is 9.34 Å². The summed E-state index contributed by atoms with van der Waals surface area (Å²) in [6, 6.07) is 11.1. The fourth-order valence-corrected chi connectivity index (χ4v) is 2.45. The summed E-state index contributed by atoms with van der Waals surface area (Å²) in [6.07, 6.45) is 1.50. The third-order valence-corrected chi connectivity index (χ3v) is 3.69. The van der Waals surface area contributed by atoms with Gasteiger partial charge in [0.15, 0.2) is 20.9 Å². The van der Waals surface area contributed by atoms with E-state index >= 15 is 0 Å². The highest BCUT2D eigenvalue weighted by atomic mass is 79.9. The molecule has 0 aromatic carbocycles. The lowest BCUT2D eigenvalue weighted by atomic mass is 10.4. The third kappa shape index (κ3) is 3.43. The van der Waals surface area contributed by atoms with Crippen LogP contribution in [0.3, 0.4) is 0 Å². The van der Waals surface area contributed by atoms with Gasteiger partial charge < -0.3 is 8.83 Å². The molecule has 0 fully saturated rings. The number of amides is 1. The van der Waals surface area contributed by atoms with Gasteiger partial charge in [-0.2, -0.15) is 4.99 Å². The van der Waals surface area contributed by atoms with Crippen LogP contribution in [0.2, 0.25) is 0 Å². The van der Waals surface area contributed by atoms with Gasteiger partial charge in [0.2, 0.25) is 0 Å². The smallest absolute Gasteiger partial charge is 0.314 e. The van der Waals surface area contributed by atoms with Crippen molar-refractivity contribution in [2.24, 2.45) is 4.99 Å². The van der Waals surface area contributed by atoms with Gasteiger partial charge in [-0.1, -0.05) is 6.07 Å². The Morgan fingerprint density at radius 3 is 2.17 bits per heavy atom. The Morgan fingerprint density at radius 1 is 0.913 bits per heavy atom. The molecular formula is C15H8Br2N2O4. The summed E-state index contributed by atoms with van der Waals surface area (Å²) in [5, 5.41) is 0. The fraction of sp³-hybridized carbons (Fsp3) is 0. The first-order valence-electron chi connectivity index (χ1n) is 6.37. The molecule has 0 atom stereocenters. The minimum Gasteiger partial charge on any atom is -0.444 e. The molecule has 0 radical (unpaired) electrons. The van der Waals surface area contributed by atoms with Crippen molar-refractivity contribution in [3.05, 3.63) is 75.0 Å². The Balaban J connectivity index is 2.02. The van der Waals surface area contributed by atoms with Gasteiger partial charge in [0.25, 0.3) is 5.91 Å². The van der Waals surface area contributed by atoms with Crippen LogP contribution < -0.4 is 5.49 Å². The van der Waals surface area contributed by atoms with Crippen LogP contribution in [0.25, 0.3) is 0 Å². The van der Waals surface area contributed by atoms with Gasteiger partial charge in [-0.25, -0.2) is 0 Å². The van der Waals surface area contributed by atoms with E-state index in [1.54, 1.807) is 30.3 Å². The number of hydrogen-bond donors (Lipinski definition) is 0. The highest BCUT2D eigenvalue weighted by Gasteiger charge is 2.14. The summed E-state index contributed by atoms with van der Waals surface area (Å²) >= 11 is 6.26. The van der Waals surface area contributed by atoms with Crippen molar-refractivity contribution < 1.29 is 18.4 Å². The molecule has 8 heteroatoms. The average molecular weight is 440 g/mol. The van der Waals surface area contributed by atoms with Crippen LogP contribution >= 0.6 is 31.9 Å². The Kier molecular flexibility index (Phi) is 4.44. The van der Waals surface area contributed by atoms with E-state index in [1.807, 2.05) is 0 Å². The van der Waals surface area contributed by atoms with Gasteiger partial charge in [-0.15, -0.1) is 0 Å². The highest BCUT2D eigenvalue weighted by molar-refractivity contribution is 9.10. The lowest BCUT2D eigenvalue weighted by Crippen LogP contribution is -2.27. The number of furan rings is 2. The van der Waals surface area contributed by atoms with Gasteiger partial charge in [-0.3, -0.25) is 14.2 Å². The van der Waals surface area contributed by atoms with Gasteiger partial charge in [-0.05, 0) is 68.3 Å². The second-order valence-electron chi connectivity index (χ2n) is 4.36. The minimum atomic E-state index is -0.593. The van der Waals surface area contributed by atoms with Crippen molar-refractivity contribution in [3.8, 4) is 0 Å². The van der Waals surface area contributed by atoms with Crippen LogP contribution in [0.15, 0.2) is 71.8 Å². The number of carbonyl (C=O) groups excluding carboxylic acids is 2. The average Bonchev–Trinajstić information content (AvgIpc) is 3.16. The molecule has 0 bridgehead atoms. The molecule has 3 aromatic heterocycles. The molecule has 0 aliphatic carbocycles. The lowest BCUT2D eigenvalue weighted by molar-refractivity contribution is 0.0924. The standard InChI is InChI=1S/C15H8Br2N2O4/c16-11-6-4-9(22-11)14(20)18-13-3-1-2-8-19(13)15(21)10-5-7-12(17)23-10/h1-8H. The molecule has 1 amide bonds. The molecular weight excluding hydrogens is 432 g/mol. The quantitative estimate of drug-likeness (QED) is 0.610. The molecule has 0 spiro atoms. The zero-order valence-electron chi connectivity index (χ0n) is 11.4. The molecule has 23 heavy (non-hydrogen) atoms.